The van der Waals surface area contributed by atoms with E-state index < -0.39 is 11.4 Å². The summed E-state index contributed by atoms with van der Waals surface area (Å²) in [4.78, 5) is 23.1. The molecule has 5 heteroatoms. The summed E-state index contributed by atoms with van der Waals surface area (Å²) in [5.41, 5.74) is 1.41. The minimum atomic E-state index is -0.978. The van der Waals surface area contributed by atoms with Crippen LogP contribution in [-0.2, 0) is 4.79 Å². The zero-order chi connectivity index (χ0) is 14.8. The van der Waals surface area contributed by atoms with Gasteiger partial charge in [-0.25, -0.2) is 0 Å². The fraction of sp³-hybridized carbons (Fsp3) is 0.429. The standard InChI is InChI=1S/C14H18BrNO3/c1-8-6-11(15)9(2)5-10(8)12(17)16-7-14(3,4)13(18)19/h5-6H,7H2,1-4H3,(H,16,17)(H,18,19). The van der Waals surface area contributed by atoms with Crippen molar-refractivity contribution in [2.75, 3.05) is 6.54 Å². The Morgan fingerprint density at radius 1 is 1.26 bits per heavy atom. The number of aryl methyl sites for hydroxylation is 2. The predicted octanol–water partition coefficient (Wildman–Crippen LogP) is 2.91. The Hall–Kier alpha value is -1.36. The highest BCUT2D eigenvalue weighted by Gasteiger charge is 2.27. The largest absolute Gasteiger partial charge is 0.481 e. The molecule has 0 spiro atoms. The van der Waals surface area contributed by atoms with Gasteiger partial charge in [0.2, 0.25) is 0 Å². The van der Waals surface area contributed by atoms with Crippen molar-refractivity contribution in [3.63, 3.8) is 0 Å². The van der Waals surface area contributed by atoms with Gasteiger partial charge in [-0.15, -0.1) is 0 Å². The summed E-state index contributed by atoms with van der Waals surface area (Å²) >= 11 is 3.41. The number of carbonyl (C=O) groups excluding carboxylic acids is 1. The Kier molecular flexibility index (Phi) is 4.74. The Labute approximate surface area is 121 Å². The summed E-state index contributed by atoms with van der Waals surface area (Å²) in [5, 5.41) is 11.7. The zero-order valence-corrected chi connectivity index (χ0v) is 13.1. The van der Waals surface area contributed by atoms with Crippen LogP contribution in [-0.4, -0.2) is 23.5 Å². The first-order valence-corrected chi connectivity index (χ1v) is 6.73. The fourth-order valence-electron chi connectivity index (χ4n) is 1.50. The maximum absolute atomic E-state index is 12.1. The summed E-state index contributed by atoms with van der Waals surface area (Å²) in [5.74, 6) is -1.18. The van der Waals surface area contributed by atoms with Crippen molar-refractivity contribution >= 4 is 27.8 Å². The van der Waals surface area contributed by atoms with Crippen LogP contribution in [0.4, 0.5) is 0 Å². The third-order valence-corrected chi connectivity index (χ3v) is 3.87. The van der Waals surface area contributed by atoms with Gasteiger partial charge in [-0.3, -0.25) is 9.59 Å². The Morgan fingerprint density at radius 2 is 1.84 bits per heavy atom. The number of amides is 1. The fourth-order valence-corrected chi connectivity index (χ4v) is 1.96. The summed E-state index contributed by atoms with van der Waals surface area (Å²) in [6.45, 7) is 7.00. The number of halogens is 1. The lowest BCUT2D eigenvalue weighted by molar-refractivity contribution is -0.146. The Bertz CT molecular complexity index is 524. The van der Waals surface area contributed by atoms with Crippen LogP contribution in [0.1, 0.15) is 35.3 Å². The molecule has 1 aromatic rings. The zero-order valence-electron chi connectivity index (χ0n) is 11.5. The van der Waals surface area contributed by atoms with Crippen LogP contribution < -0.4 is 5.32 Å². The van der Waals surface area contributed by atoms with Gasteiger partial charge in [0.05, 0.1) is 5.41 Å². The summed E-state index contributed by atoms with van der Waals surface area (Å²) < 4.78 is 0.951. The molecule has 0 atom stereocenters. The minimum Gasteiger partial charge on any atom is -0.481 e. The van der Waals surface area contributed by atoms with Gasteiger partial charge in [-0.1, -0.05) is 15.9 Å². The van der Waals surface area contributed by atoms with Crippen LogP contribution in [0.5, 0.6) is 0 Å². The molecule has 19 heavy (non-hydrogen) atoms. The van der Waals surface area contributed by atoms with Crippen LogP contribution in [0.3, 0.4) is 0 Å². The van der Waals surface area contributed by atoms with Crippen LogP contribution in [0.2, 0.25) is 0 Å². The number of benzene rings is 1. The highest BCUT2D eigenvalue weighted by molar-refractivity contribution is 9.10. The Morgan fingerprint density at radius 3 is 2.37 bits per heavy atom. The van der Waals surface area contributed by atoms with Crippen LogP contribution in [0.25, 0.3) is 0 Å². The van der Waals surface area contributed by atoms with E-state index in [2.05, 4.69) is 21.2 Å². The number of carboxylic acids is 1. The molecule has 0 radical (unpaired) electrons. The van der Waals surface area contributed by atoms with E-state index in [1.165, 1.54) is 0 Å². The quantitative estimate of drug-likeness (QED) is 0.893. The van der Waals surface area contributed by atoms with E-state index in [4.69, 9.17) is 5.11 Å². The first-order valence-electron chi connectivity index (χ1n) is 5.93. The number of aliphatic carboxylic acids is 1. The van der Waals surface area contributed by atoms with E-state index in [-0.39, 0.29) is 12.5 Å². The predicted molar refractivity (Wildman–Crippen MR) is 77.4 cm³/mol. The highest BCUT2D eigenvalue weighted by atomic mass is 79.9. The van der Waals surface area contributed by atoms with E-state index in [0.29, 0.717) is 5.56 Å². The van der Waals surface area contributed by atoms with Crippen molar-refractivity contribution in [2.24, 2.45) is 5.41 Å². The second-order valence-corrected chi connectivity index (χ2v) is 6.14. The van der Waals surface area contributed by atoms with Gasteiger partial charge in [0.15, 0.2) is 0 Å². The Balaban J connectivity index is 2.86. The highest BCUT2D eigenvalue weighted by Crippen LogP contribution is 2.21. The SMILES string of the molecule is Cc1cc(C(=O)NCC(C)(C)C(=O)O)c(C)cc1Br. The number of hydrogen-bond donors (Lipinski definition) is 2. The van der Waals surface area contributed by atoms with Crippen molar-refractivity contribution < 1.29 is 14.7 Å². The third kappa shape index (κ3) is 3.80. The molecule has 0 fully saturated rings. The molecular formula is C14H18BrNO3. The molecule has 0 aliphatic heterocycles. The number of hydrogen-bond acceptors (Lipinski definition) is 2. The third-order valence-electron chi connectivity index (χ3n) is 3.02. The summed E-state index contributed by atoms with van der Waals surface area (Å²) in [6.07, 6.45) is 0. The normalized spacial score (nSPS) is 11.2. The van der Waals surface area contributed by atoms with Gasteiger partial charge in [0.1, 0.15) is 0 Å². The van der Waals surface area contributed by atoms with Crippen molar-refractivity contribution in [1.82, 2.24) is 5.32 Å². The number of carboxylic acid groups (broad SMARTS) is 1. The second-order valence-electron chi connectivity index (χ2n) is 5.29. The van der Waals surface area contributed by atoms with Gasteiger partial charge in [-0.05, 0) is 51.0 Å². The molecule has 0 saturated heterocycles. The molecule has 1 aromatic carbocycles. The molecular weight excluding hydrogens is 310 g/mol. The van der Waals surface area contributed by atoms with Gasteiger partial charge < -0.3 is 10.4 Å². The number of rotatable bonds is 4. The van der Waals surface area contributed by atoms with Gasteiger partial charge >= 0.3 is 5.97 Å². The lowest BCUT2D eigenvalue weighted by Crippen LogP contribution is -2.39. The van der Waals surface area contributed by atoms with Crippen molar-refractivity contribution in [3.05, 3.63) is 33.3 Å². The van der Waals surface area contributed by atoms with Crippen LogP contribution >= 0.6 is 15.9 Å². The molecule has 0 aromatic heterocycles. The molecule has 104 valence electrons. The molecule has 2 N–H and O–H groups in total. The molecule has 1 amide bonds. The molecule has 0 aliphatic carbocycles. The average Bonchev–Trinajstić information content (AvgIpc) is 2.30. The van der Waals surface area contributed by atoms with E-state index in [1.807, 2.05) is 19.9 Å². The van der Waals surface area contributed by atoms with Gasteiger partial charge in [0, 0.05) is 16.6 Å². The van der Waals surface area contributed by atoms with E-state index in [9.17, 15) is 9.59 Å². The molecule has 0 unspecified atom stereocenters. The molecule has 4 nitrogen and oxygen atoms in total. The summed E-state index contributed by atoms with van der Waals surface area (Å²) in [7, 11) is 0. The lowest BCUT2D eigenvalue weighted by atomic mass is 9.93. The molecule has 0 aliphatic rings. The van der Waals surface area contributed by atoms with Crippen molar-refractivity contribution in [3.8, 4) is 0 Å². The maximum atomic E-state index is 12.1. The average molecular weight is 328 g/mol. The van der Waals surface area contributed by atoms with Crippen molar-refractivity contribution in [2.45, 2.75) is 27.7 Å². The minimum absolute atomic E-state index is 0.0930. The van der Waals surface area contributed by atoms with E-state index in [1.54, 1.807) is 19.9 Å². The lowest BCUT2D eigenvalue weighted by Gasteiger charge is -2.20. The second kappa shape index (κ2) is 5.74. The topological polar surface area (TPSA) is 66.4 Å². The van der Waals surface area contributed by atoms with Gasteiger partial charge in [-0.2, -0.15) is 0 Å². The van der Waals surface area contributed by atoms with Crippen molar-refractivity contribution in [1.29, 1.82) is 0 Å². The molecule has 0 heterocycles. The van der Waals surface area contributed by atoms with Gasteiger partial charge in [0.25, 0.3) is 5.91 Å². The van der Waals surface area contributed by atoms with Crippen LogP contribution in [0.15, 0.2) is 16.6 Å². The smallest absolute Gasteiger partial charge is 0.310 e. The molecule has 1 rings (SSSR count). The molecule has 0 saturated carbocycles. The maximum Gasteiger partial charge on any atom is 0.310 e. The van der Waals surface area contributed by atoms with E-state index >= 15 is 0 Å². The van der Waals surface area contributed by atoms with Crippen LogP contribution in [0, 0.1) is 19.3 Å². The molecule has 0 bridgehead atoms. The first-order chi connectivity index (χ1) is 8.65. The van der Waals surface area contributed by atoms with E-state index in [0.717, 1.165) is 15.6 Å². The monoisotopic (exact) mass is 327 g/mol. The first kappa shape index (κ1) is 15.7. The number of nitrogens with one attached hydrogen (secondary N) is 1. The number of carbonyl (C=O) groups is 2. The summed E-state index contributed by atoms with van der Waals surface area (Å²) in [6, 6.07) is 3.68.